The van der Waals surface area contributed by atoms with Gasteiger partial charge in [-0.05, 0) is 61.4 Å². The first-order chi connectivity index (χ1) is 16.6. The van der Waals surface area contributed by atoms with Crippen molar-refractivity contribution in [3.63, 3.8) is 0 Å². The molecule has 0 saturated carbocycles. The molecule has 0 aliphatic heterocycles. The van der Waals surface area contributed by atoms with Gasteiger partial charge in [0.1, 0.15) is 11.5 Å². The highest BCUT2D eigenvalue weighted by molar-refractivity contribution is 7.22. The van der Waals surface area contributed by atoms with Crippen LogP contribution in [0.15, 0.2) is 91.1 Å². The second kappa shape index (κ2) is 9.45. The van der Waals surface area contributed by atoms with Crippen molar-refractivity contribution in [2.45, 2.75) is 20.4 Å². The number of rotatable bonds is 6. The third-order valence-electron chi connectivity index (χ3n) is 5.54. The highest BCUT2D eigenvalue weighted by atomic mass is 32.1. The Bertz CT molecular complexity index is 1410. The van der Waals surface area contributed by atoms with Crippen molar-refractivity contribution in [1.29, 1.82) is 0 Å². The Kier molecular flexibility index (Phi) is 6.06. The summed E-state index contributed by atoms with van der Waals surface area (Å²) in [6, 6.07) is 26.6. The van der Waals surface area contributed by atoms with Crippen LogP contribution in [-0.2, 0) is 6.54 Å². The van der Waals surface area contributed by atoms with Gasteiger partial charge in [-0.3, -0.25) is 14.7 Å². The first-order valence-corrected chi connectivity index (χ1v) is 11.8. The lowest BCUT2D eigenvalue weighted by Crippen LogP contribution is -2.31. The van der Waals surface area contributed by atoms with E-state index in [1.807, 2.05) is 73.7 Å². The molecule has 5 rings (SSSR count). The first-order valence-electron chi connectivity index (χ1n) is 11.0. The molecule has 0 fully saturated rings. The van der Waals surface area contributed by atoms with Gasteiger partial charge in [0.25, 0.3) is 5.91 Å². The smallest absolute Gasteiger partial charge is 0.264 e. The summed E-state index contributed by atoms with van der Waals surface area (Å²) in [5.41, 5.74) is 4.40. The number of anilines is 1. The van der Waals surface area contributed by atoms with Gasteiger partial charge >= 0.3 is 0 Å². The number of hydrogen-bond donors (Lipinski definition) is 0. The third kappa shape index (κ3) is 4.40. The summed E-state index contributed by atoms with van der Waals surface area (Å²) < 4.78 is 7.17. The van der Waals surface area contributed by atoms with Crippen LogP contribution in [0.5, 0.6) is 11.5 Å². The number of aromatic nitrogens is 2. The molecule has 3 aromatic carbocycles. The molecular weight excluding hydrogens is 442 g/mol. The van der Waals surface area contributed by atoms with Crippen LogP contribution < -0.4 is 9.64 Å². The number of para-hydroxylation sites is 2. The molecular formula is C28H23N3O2S. The Labute approximate surface area is 202 Å². The zero-order valence-electron chi connectivity index (χ0n) is 18.9. The van der Waals surface area contributed by atoms with Gasteiger partial charge in [0.05, 0.1) is 28.0 Å². The molecule has 1 amide bonds. The molecule has 2 heterocycles. The summed E-state index contributed by atoms with van der Waals surface area (Å²) in [6.45, 7) is 4.41. The van der Waals surface area contributed by atoms with Gasteiger partial charge in [-0.15, -0.1) is 0 Å². The first kappa shape index (κ1) is 21.8. The van der Waals surface area contributed by atoms with Crippen LogP contribution in [0, 0.1) is 13.8 Å². The van der Waals surface area contributed by atoms with Crippen molar-refractivity contribution in [2.75, 3.05) is 4.90 Å². The number of carbonyl (C=O) groups excluding carboxylic acids is 1. The number of ether oxygens (including phenoxy) is 1. The van der Waals surface area contributed by atoms with Gasteiger partial charge < -0.3 is 4.74 Å². The number of aryl methyl sites for hydroxylation is 2. The fourth-order valence-electron chi connectivity index (χ4n) is 3.74. The maximum absolute atomic E-state index is 14.0. The van der Waals surface area contributed by atoms with Gasteiger partial charge in [0.2, 0.25) is 0 Å². The van der Waals surface area contributed by atoms with Crippen LogP contribution in [0.25, 0.3) is 10.2 Å². The van der Waals surface area contributed by atoms with Gasteiger partial charge in [-0.25, -0.2) is 4.98 Å². The summed E-state index contributed by atoms with van der Waals surface area (Å²) >= 11 is 1.52. The molecule has 2 aromatic heterocycles. The van der Waals surface area contributed by atoms with Gasteiger partial charge in [-0.1, -0.05) is 59.9 Å². The summed E-state index contributed by atoms with van der Waals surface area (Å²) in [6.07, 6.45) is 1.73. The van der Waals surface area contributed by atoms with E-state index >= 15 is 0 Å². The highest BCUT2D eigenvalue weighted by Gasteiger charge is 2.25. The van der Waals surface area contributed by atoms with Crippen LogP contribution in [-0.4, -0.2) is 15.9 Å². The molecule has 0 radical (unpaired) electrons. The average Bonchev–Trinajstić information content (AvgIpc) is 3.33. The number of thiazole rings is 1. The minimum atomic E-state index is -0.188. The zero-order chi connectivity index (χ0) is 23.5. The van der Waals surface area contributed by atoms with Crippen LogP contribution in [0.2, 0.25) is 0 Å². The molecule has 0 spiro atoms. The fourth-order valence-corrected chi connectivity index (χ4v) is 4.85. The molecule has 0 atom stereocenters. The van der Waals surface area contributed by atoms with E-state index in [9.17, 15) is 4.79 Å². The zero-order valence-corrected chi connectivity index (χ0v) is 19.8. The summed E-state index contributed by atoms with van der Waals surface area (Å²) in [4.78, 5) is 25.0. The predicted octanol–water partition coefficient (Wildman–Crippen LogP) is 6.95. The molecule has 0 N–H and O–H groups in total. The van der Waals surface area contributed by atoms with Crippen molar-refractivity contribution >= 4 is 32.6 Å². The Morgan fingerprint density at radius 1 is 0.882 bits per heavy atom. The maximum Gasteiger partial charge on any atom is 0.264 e. The number of hydrogen-bond acceptors (Lipinski definition) is 5. The van der Waals surface area contributed by atoms with Crippen molar-refractivity contribution in [1.82, 2.24) is 9.97 Å². The minimum Gasteiger partial charge on any atom is -0.457 e. The van der Waals surface area contributed by atoms with Crippen LogP contribution in [0.4, 0.5) is 5.13 Å². The highest BCUT2D eigenvalue weighted by Crippen LogP contribution is 2.35. The van der Waals surface area contributed by atoms with Crippen molar-refractivity contribution in [3.8, 4) is 11.5 Å². The Morgan fingerprint density at radius 2 is 1.62 bits per heavy atom. The summed E-state index contributed by atoms with van der Waals surface area (Å²) in [5.74, 6) is 0.981. The number of carbonyl (C=O) groups is 1. The van der Waals surface area contributed by atoms with E-state index in [1.54, 1.807) is 17.2 Å². The number of pyridine rings is 1. The topological polar surface area (TPSA) is 55.3 Å². The van der Waals surface area contributed by atoms with E-state index in [-0.39, 0.29) is 5.91 Å². The predicted molar refractivity (Wildman–Crippen MR) is 137 cm³/mol. The number of amides is 1. The largest absolute Gasteiger partial charge is 0.457 e. The normalized spacial score (nSPS) is 10.9. The van der Waals surface area contributed by atoms with Crippen LogP contribution >= 0.6 is 11.3 Å². The fraction of sp³-hybridized carbons (Fsp3) is 0.107. The molecule has 6 heteroatoms. The third-order valence-corrected chi connectivity index (χ3v) is 6.76. The molecule has 34 heavy (non-hydrogen) atoms. The van der Waals surface area contributed by atoms with Crippen LogP contribution in [0.3, 0.4) is 0 Å². The summed E-state index contributed by atoms with van der Waals surface area (Å²) in [7, 11) is 0. The molecule has 5 nitrogen and oxygen atoms in total. The molecule has 5 aromatic rings. The van der Waals surface area contributed by atoms with Crippen LogP contribution in [0.1, 0.15) is 27.2 Å². The maximum atomic E-state index is 14.0. The molecule has 0 bridgehead atoms. The lowest BCUT2D eigenvalue weighted by Gasteiger charge is -2.21. The van der Waals surface area contributed by atoms with Gasteiger partial charge in [0.15, 0.2) is 5.13 Å². The van der Waals surface area contributed by atoms with Gasteiger partial charge in [0, 0.05) is 6.20 Å². The SMILES string of the molecule is Cc1ccc(C)c2sc(N(Cc3ccccn3)C(=O)c3ccccc3Oc3ccccc3)nc12. The van der Waals surface area contributed by atoms with Crippen molar-refractivity contribution in [2.24, 2.45) is 0 Å². The second-order valence-corrected chi connectivity index (χ2v) is 8.97. The second-order valence-electron chi connectivity index (χ2n) is 8.00. The Morgan fingerprint density at radius 3 is 2.38 bits per heavy atom. The average molecular weight is 466 g/mol. The van der Waals surface area contributed by atoms with Crippen molar-refractivity contribution < 1.29 is 9.53 Å². The Balaban J connectivity index is 1.59. The van der Waals surface area contributed by atoms with E-state index in [0.717, 1.165) is 27.0 Å². The van der Waals surface area contributed by atoms with Gasteiger partial charge in [-0.2, -0.15) is 0 Å². The van der Waals surface area contributed by atoms with Crippen molar-refractivity contribution in [3.05, 3.63) is 114 Å². The Hall–Kier alpha value is -4.03. The minimum absolute atomic E-state index is 0.188. The lowest BCUT2D eigenvalue weighted by atomic mass is 10.1. The number of fused-ring (bicyclic) bond motifs is 1. The lowest BCUT2D eigenvalue weighted by molar-refractivity contribution is 0.0982. The number of nitrogens with zero attached hydrogens (tertiary/aromatic N) is 3. The number of benzene rings is 3. The monoisotopic (exact) mass is 465 g/mol. The van der Waals surface area contributed by atoms with E-state index < -0.39 is 0 Å². The summed E-state index contributed by atoms with van der Waals surface area (Å²) in [5, 5.41) is 0.637. The van der Waals surface area contributed by atoms with E-state index in [4.69, 9.17) is 9.72 Å². The van der Waals surface area contributed by atoms with E-state index in [2.05, 4.69) is 24.0 Å². The van der Waals surface area contributed by atoms with E-state index in [0.29, 0.717) is 28.7 Å². The molecule has 0 saturated heterocycles. The molecule has 0 unspecified atom stereocenters. The standard InChI is InChI=1S/C28H23N3O2S/c1-19-15-16-20(2)26-25(19)30-28(34-26)31(18-21-10-8-9-17-29-21)27(32)23-13-6-7-14-24(23)33-22-11-4-3-5-12-22/h3-17H,18H2,1-2H3. The van der Waals surface area contributed by atoms with E-state index in [1.165, 1.54) is 11.3 Å². The molecule has 0 aliphatic rings. The quantitative estimate of drug-likeness (QED) is 0.272. The molecule has 0 aliphatic carbocycles. The molecule has 168 valence electrons.